The number of benzene rings is 1. The normalized spacial score (nSPS) is 17.5. The molecule has 1 saturated carbocycles. The smallest absolute Gasteiger partial charge is 0.140 e. The highest BCUT2D eigenvalue weighted by atomic mass is 35.5. The van der Waals surface area contributed by atoms with Gasteiger partial charge in [0.1, 0.15) is 5.75 Å². The first-order chi connectivity index (χ1) is 7.22. The van der Waals surface area contributed by atoms with Crippen LogP contribution in [0.5, 0.6) is 5.75 Å². The van der Waals surface area contributed by atoms with Gasteiger partial charge in [0.2, 0.25) is 0 Å². The number of halogens is 1. The maximum Gasteiger partial charge on any atom is 0.140 e. The van der Waals surface area contributed by atoms with Crippen LogP contribution >= 0.6 is 11.6 Å². The van der Waals surface area contributed by atoms with Crippen LogP contribution in [0, 0.1) is 5.92 Å². The Labute approximate surface area is 95.4 Å². The Bertz CT molecular complexity index is 349. The molecule has 1 aliphatic rings. The molecule has 15 heavy (non-hydrogen) atoms. The second-order valence-corrected chi connectivity index (χ2v) is 4.54. The Morgan fingerprint density at radius 1 is 1.53 bits per heavy atom. The molecule has 0 aromatic heterocycles. The topological polar surface area (TPSA) is 35.2 Å². The molecule has 1 fully saturated rings. The van der Waals surface area contributed by atoms with Gasteiger partial charge in [-0.05, 0) is 36.8 Å². The summed E-state index contributed by atoms with van der Waals surface area (Å²) in [5.74, 6) is 1.48. The summed E-state index contributed by atoms with van der Waals surface area (Å²) in [7, 11) is 1.65. The van der Waals surface area contributed by atoms with Crippen LogP contribution in [-0.2, 0) is 6.42 Å². The van der Waals surface area contributed by atoms with Gasteiger partial charge >= 0.3 is 0 Å². The van der Waals surface area contributed by atoms with Gasteiger partial charge in [-0.15, -0.1) is 0 Å². The molecular formula is C12H16ClNO. The molecular weight excluding hydrogens is 210 g/mol. The number of nitrogens with two attached hydrogens (primary N) is 1. The predicted molar refractivity (Wildman–Crippen MR) is 62.4 cm³/mol. The summed E-state index contributed by atoms with van der Waals surface area (Å²) in [4.78, 5) is 0. The van der Waals surface area contributed by atoms with Crippen LogP contribution in [0.2, 0.25) is 5.02 Å². The van der Waals surface area contributed by atoms with E-state index in [9.17, 15) is 0 Å². The van der Waals surface area contributed by atoms with Crippen molar-refractivity contribution in [2.24, 2.45) is 11.7 Å². The predicted octanol–water partition coefficient (Wildman–Crippen LogP) is 2.63. The van der Waals surface area contributed by atoms with Crippen LogP contribution < -0.4 is 10.5 Å². The molecule has 1 atom stereocenters. The van der Waals surface area contributed by atoms with Gasteiger partial charge in [-0.3, -0.25) is 0 Å². The third kappa shape index (κ3) is 2.44. The summed E-state index contributed by atoms with van der Waals surface area (Å²) in [6.07, 6.45) is 3.39. The van der Waals surface area contributed by atoms with Crippen molar-refractivity contribution in [3.8, 4) is 5.75 Å². The average Bonchev–Trinajstić information content (AvgIpc) is 3.01. The third-order valence-electron chi connectivity index (χ3n) is 2.94. The van der Waals surface area contributed by atoms with Crippen LogP contribution in [-0.4, -0.2) is 13.2 Å². The number of rotatable bonds is 4. The SMILES string of the molecule is COc1c(Cl)cccc1CC(N)C1CC1. The van der Waals surface area contributed by atoms with Crippen LogP contribution in [0.15, 0.2) is 18.2 Å². The fourth-order valence-electron chi connectivity index (χ4n) is 1.89. The van der Waals surface area contributed by atoms with E-state index in [0.29, 0.717) is 10.9 Å². The third-order valence-corrected chi connectivity index (χ3v) is 3.23. The summed E-state index contributed by atoms with van der Waals surface area (Å²) in [6, 6.07) is 6.07. The Hall–Kier alpha value is -0.730. The summed E-state index contributed by atoms with van der Waals surface area (Å²) in [5, 5.41) is 0.665. The average molecular weight is 226 g/mol. The van der Waals surface area contributed by atoms with E-state index in [4.69, 9.17) is 22.1 Å². The molecule has 1 unspecified atom stereocenters. The van der Waals surface area contributed by atoms with Crippen LogP contribution in [0.4, 0.5) is 0 Å². The van der Waals surface area contributed by atoms with Gasteiger partial charge in [0.25, 0.3) is 0 Å². The lowest BCUT2D eigenvalue weighted by molar-refractivity contribution is 0.407. The molecule has 2 nitrogen and oxygen atoms in total. The van der Waals surface area contributed by atoms with Crippen LogP contribution in [0.1, 0.15) is 18.4 Å². The molecule has 0 spiro atoms. The van der Waals surface area contributed by atoms with Crippen molar-refractivity contribution >= 4 is 11.6 Å². The molecule has 1 aliphatic carbocycles. The first kappa shape index (κ1) is 10.8. The van der Waals surface area contributed by atoms with E-state index in [0.717, 1.165) is 17.7 Å². The van der Waals surface area contributed by atoms with Gasteiger partial charge in [0, 0.05) is 6.04 Å². The molecule has 1 aromatic carbocycles. The highest BCUT2D eigenvalue weighted by Gasteiger charge is 2.29. The Morgan fingerprint density at radius 3 is 2.87 bits per heavy atom. The number of hydrogen-bond acceptors (Lipinski definition) is 2. The second kappa shape index (κ2) is 4.42. The van der Waals surface area contributed by atoms with E-state index >= 15 is 0 Å². The molecule has 0 saturated heterocycles. The van der Waals surface area contributed by atoms with Gasteiger partial charge in [-0.1, -0.05) is 23.7 Å². The monoisotopic (exact) mass is 225 g/mol. The summed E-state index contributed by atoms with van der Waals surface area (Å²) < 4.78 is 5.29. The Morgan fingerprint density at radius 2 is 2.27 bits per heavy atom. The highest BCUT2D eigenvalue weighted by molar-refractivity contribution is 6.32. The molecule has 0 amide bonds. The number of para-hydroxylation sites is 1. The van der Waals surface area contributed by atoms with Crippen LogP contribution in [0.25, 0.3) is 0 Å². The molecule has 1 aromatic rings. The van der Waals surface area contributed by atoms with Crippen molar-refractivity contribution in [1.82, 2.24) is 0 Å². The van der Waals surface area contributed by atoms with Gasteiger partial charge in [0.15, 0.2) is 0 Å². The van der Waals surface area contributed by atoms with Crippen molar-refractivity contribution in [2.45, 2.75) is 25.3 Å². The molecule has 0 radical (unpaired) electrons. The van der Waals surface area contributed by atoms with Crippen molar-refractivity contribution in [1.29, 1.82) is 0 Å². The zero-order valence-electron chi connectivity index (χ0n) is 8.87. The van der Waals surface area contributed by atoms with Gasteiger partial charge in [0.05, 0.1) is 12.1 Å². The second-order valence-electron chi connectivity index (χ2n) is 4.14. The number of hydrogen-bond donors (Lipinski definition) is 1. The first-order valence-corrected chi connectivity index (χ1v) is 5.67. The molecule has 3 heteroatoms. The van der Waals surface area contributed by atoms with Gasteiger partial charge < -0.3 is 10.5 Å². The minimum Gasteiger partial charge on any atom is -0.495 e. The van der Waals surface area contributed by atoms with Crippen molar-refractivity contribution in [2.75, 3.05) is 7.11 Å². The quantitative estimate of drug-likeness (QED) is 0.855. The standard InChI is InChI=1S/C12H16ClNO/c1-15-12-9(3-2-4-10(12)13)7-11(14)8-5-6-8/h2-4,8,11H,5-7,14H2,1H3. The highest BCUT2D eigenvalue weighted by Crippen LogP contribution is 2.35. The molecule has 82 valence electrons. The van der Waals surface area contributed by atoms with Crippen molar-refractivity contribution in [3.05, 3.63) is 28.8 Å². The molecule has 2 N–H and O–H groups in total. The lowest BCUT2D eigenvalue weighted by Gasteiger charge is -2.14. The summed E-state index contributed by atoms with van der Waals surface area (Å²) in [5.41, 5.74) is 7.20. The van der Waals surface area contributed by atoms with Crippen molar-refractivity contribution in [3.63, 3.8) is 0 Å². The first-order valence-electron chi connectivity index (χ1n) is 5.29. The largest absolute Gasteiger partial charge is 0.495 e. The van der Waals surface area contributed by atoms with E-state index in [1.165, 1.54) is 12.8 Å². The molecule has 0 bridgehead atoms. The van der Waals surface area contributed by atoms with Gasteiger partial charge in [-0.25, -0.2) is 0 Å². The molecule has 0 heterocycles. The van der Waals surface area contributed by atoms with Gasteiger partial charge in [-0.2, -0.15) is 0 Å². The minimum absolute atomic E-state index is 0.248. The maximum atomic E-state index is 6.09. The van der Waals surface area contributed by atoms with E-state index in [1.54, 1.807) is 7.11 Å². The van der Waals surface area contributed by atoms with Crippen LogP contribution in [0.3, 0.4) is 0 Å². The molecule has 0 aliphatic heterocycles. The molecule has 2 rings (SSSR count). The summed E-state index contributed by atoms with van der Waals surface area (Å²) >= 11 is 6.04. The fourth-order valence-corrected chi connectivity index (χ4v) is 2.16. The van der Waals surface area contributed by atoms with E-state index in [-0.39, 0.29) is 6.04 Å². The van der Waals surface area contributed by atoms with E-state index < -0.39 is 0 Å². The number of ether oxygens (including phenoxy) is 1. The minimum atomic E-state index is 0.248. The van der Waals surface area contributed by atoms with E-state index in [2.05, 4.69) is 0 Å². The summed E-state index contributed by atoms with van der Waals surface area (Å²) in [6.45, 7) is 0. The van der Waals surface area contributed by atoms with E-state index in [1.807, 2.05) is 18.2 Å². The Balaban J connectivity index is 2.15. The van der Waals surface area contributed by atoms with Crippen molar-refractivity contribution < 1.29 is 4.74 Å². The maximum absolute atomic E-state index is 6.09. The lowest BCUT2D eigenvalue weighted by Crippen LogP contribution is -2.25. The lowest BCUT2D eigenvalue weighted by atomic mass is 10.0. The number of methoxy groups -OCH3 is 1. The fraction of sp³-hybridized carbons (Fsp3) is 0.500. The zero-order chi connectivity index (χ0) is 10.8. The Kier molecular flexibility index (Phi) is 3.17. The zero-order valence-corrected chi connectivity index (χ0v) is 9.63.